The van der Waals surface area contributed by atoms with Crippen LogP contribution in [0.2, 0.25) is 0 Å². The molecule has 1 aliphatic rings. The number of benzene rings is 1. The Bertz CT molecular complexity index is 445. The van der Waals surface area contributed by atoms with Crippen LogP contribution >= 0.6 is 0 Å². The summed E-state index contributed by atoms with van der Waals surface area (Å²) in [5, 5.41) is 18.5. The summed E-state index contributed by atoms with van der Waals surface area (Å²) < 4.78 is 26.4. The second-order valence-corrected chi connectivity index (χ2v) is 3.87. The molecule has 3 nitrogen and oxygen atoms in total. The Morgan fingerprint density at radius 1 is 1.31 bits per heavy atom. The van der Waals surface area contributed by atoms with Crippen molar-refractivity contribution < 1.29 is 23.8 Å². The number of halogens is 2. The van der Waals surface area contributed by atoms with Gasteiger partial charge < -0.3 is 10.2 Å². The fourth-order valence-electron chi connectivity index (χ4n) is 2.13. The van der Waals surface area contributed by atoms with E-state index in [4.69, 9.17) is 5.11 Å². The number of aliphatic hydroxyl groups excluding tert-OH is 1. The summed E-state index contributed by atoms with van der Waals surface area (Å²) in [4.78, 5) is 10.9. The lowest BCUT2D eigenvalue weighted by Gasteiger charge is -2.26. The maximum Gasteiger partial charge on any atom is 0.310 e. The van der Waals surface area contributed by atoms with E-state index < -0.39 is 29.6 Å². The third-order valence-electron chi connectivity index (χ3n) is 2.86. The zero-order chi connectivity index (χ0) is 11.9. The normalized spacial score (nSPS) is 23.9. The quantitative estimate of drug-likeness (QED) is 0.772. The predicted octanol–water partition coefficient (Wildman–Crippen LogP) is 1.96. The Kier molecular flexibility index (Phi) is 2.63. The number of carboxylic acids is 1. The van der Waals surface area contributed by atoms with E-state index in [9.17, 15) is 18.7 Å². The van der Waals surface area contributed by atoms with Gasteiger partial charge in [0.2, 0.25) is 0 Å². The van der Waals surface area contributed by atoms with Gasteiger partial charge in [-0.2, -0.15) is 0 Å². The SMILES string of the molecule is O=C(O)C1CCC(O)c2c(F)cc(F)cc21. The molecule has 0 aromatic heterocycles. The Hall–Kier alpha value is -1.49. The van der Waals surface area contributed by atoms with Crippen molar-refractivity contribution in [3.8, 4) is 0 Å². The molecule has 0 aliphatic heterocycles. The fourth-order valence-corrected chi connectivity index (χ4v) is 2.13. The van der Waals surface area contributed by atoms with Crippen LogP contribution in [-0.4, -0.2) is 16.2 Å². The van der Waals surface area contributed by atoms with E-state index in [2.05, 4.69) is 0 Å². The van der Waals surface area contributed by atoms with Gasteiger partial charge in [0.25, 0.3) is 0 Å². The second kappa shape index (κ2) is 3.83. The van der Waals surface area contributed by atoms with Gasteiger partial charge in [-0.15, -0.1) is 0 Å². The molecule has 0 fully saturated rings. The highest BCUT2D eigenvalue weighted by Crippen LogP contribution is 2.39. The van der Waals surface area contributed by atoms with Gasteiger partial charge in [-0.25, -0.2) is 8.78 Å². The summed E-state index contributed by atoms with van der Waals surface area (Å²) in [5.74, 6) is -3.77. The molecule has 0 bridgehead atoms. The summed E-state index contributed by atoms with van der Waals surface area (Å²) in [6.45, 7) is 0. The third kappa shape index (κ3) is 1.67. The summed E-state index contributed by atoms with van der Waals surface area (Å²) in [6, 6.07) is 1.64. The van der Waals surface area contributed by atoms with E-state index in [1.54, 1.807) is 0 Å². The highest BCUT2D eigenvalue weighted by Gasteiger charge is 2.33. The largest absolute Gasteiger partial charge is 0.481 e. The minimum atomic E-state index is -1.13. The highest BCUT2D eigenvalue weighted by atomic mass is 19.1. The Balaban J connectivity index is 2.60. The molecule has 2 unspecified atom stereocenters. The van der Waals surface area contributed by atoms with Gasteiger partial charge in [0.1, 0.15) is 11.6 Å². The summed E-state index contributed by atoms with van der Waals surface area (Å²) in [5.41, 5.74) is -0.0381. The first kappa shape index (κ1) is 11.0. The van der Waals surface area contributed by atoms with E-state index in [1.807, 2.05) is 0 Å². The summed E-state index contributed by atoms with van der Waals surface area (Å²) >= 11 is 0. The molecular weight excluding hydrogens is 218 g/mol. The van der Waals surface area contributed by atoms with Crippen molar-refractivity contribution in [3.05, 3.63) is 34.9 Å². The minimum absolute atomic E-state index is 0.0451. The highest BCUT2D eigenvalue weighted by molar-refractivity contribution is 5.77. The van der Waals surface area contributed by atoms with Crippen LogP contribution < -0.4 is 0 Å². The number of hydrogen-bond acceptors (Lipinski definition) is 2. The van der Waals surface area contributed by atoms with Crippen LogP contribution in [0.1, 0.15) is 36.0 Å². The van der Waals surface area contributed by atoms with Crippen molar-refractivity contribution in [2.24, 2.45) is 0 Å². The van der Waals surface area contributed by atoms with Gasteiger partial charge in [-0.05, 0) is 24.5 Å². The lowest BCUT2D eigenvalue weighted by molar-refractivity contribution is -0.139. The molecule has 1 aliphatic carbocycles. The zero-order valence-corrected chi connectivity index (χ0v) is 8.28. The van der Waals surface area contributed by atoms with Crippen LogP contribution in [0.3, 0.4) is 0 Å². The molecule has 86 valence electrons. The predicted molar refractivity (Wildman–Crippen MR) is 50.9 cm³/mol. The Morgan fingerprint density at radius 3 is 2.62 bits per heavy atom. The van der Waals surface area contributed by atoms with Gasteiger partial charge in [-0.1, -0.05) is 0 Å². The molecule has 1 aromatic carbocycles. The number of carboxylic acid groups (broad SMARTS) is 1. The molecule has 0 amide bonds. The van der Waals surface area contributed by atoms with Gasteiger partial charge in [0.15, 0.2) is 0 Å². The number of aliphatic carboxylic acids is 1. The Morgan fingerprint density at radius 2 is 2.00 bits per heavy atom. The molecule has 2 rings (SSSR count). The molecule has 0 heterocycles. The maximum absolute atomic E-state index is 13.4. The number of carbonyl (C=O) groups is 1. The lowest BCUT2D eigenvalue weighted by Crippen LogP contribution is -2.22. The van der Waals surface area contributed by atoms with E-state index in [1.165, 1.54) is 0 Å². The Labute approximate surface area is 90.3 Å². The van der Waals surface area contributed by atoms with E-state index in [0.717, 1.165) is 6.07 Å². The summed E-state index contributed by atoms with van der Waals surface area (Å²) in [7, 11) is 0. The smallest absolute Gasteiger partial charge is 0.310 e. The first-order chi connectivity index (χ1) is 7.50. The summed E-state index contributed by atoms with van der Waals surface area (Å²) in [6.07, 6.45) is -0.690. The molecule has 0 saturated heterocycles. The molecule has 5 heteroatoms. The van der Waals surface area contributed by atoms with Crippen LogP contribution in [0.25, 0.3) is 0 Å². The van der Waals surface area contributed by atoms with Crippen LogP contribution in [0, 0.1) is 11.6 Å². The van der Waals surface area contributed by atoms with E-state index >= 15 is 0 Å². The van der Waals surface area contributed by atoms with Crippen molar-refractivity contribution in [3.63, 3.8) is 0 Å². The first-order valence-corrected chi connectivity index (χ1v) is 4.90. The maximum atomic E-state index is 13.4. The lowest BCUT2D eigenvalue weighted by atomic mass is 9.81. The van der Waals surface area contributed by atoms with Crippen molar-refractivity contribution in [2.75, 3.05) is 0 Å². The second-order valence-electron chi connectivity index (χ2n) is 3.87. The number of rotatable bonds is 1. The molecule has 0 radical (unpaired) electrons. The van der Waals surface area contributed by atoms with Crippen molar-refractivity contribution in [1.82, 2.24) is 0 Å². The standard InChI is InChI=1S/C11H10F2O3/c12-5-3-7-6(11(15)16)1-2-9(14)10(7)8(13)4-5/h3-4,6,9,14H,1-2H2,(H,15,16). The third-order valence-corrected chi connectivity index (χ3v) is 2.86. The average molecular weight is 228 g/mol. The number of aliphatic hydroxyl groups is 1. The molecule has 0 saturated carbocycles. The van der Waals surface area contributed by atoms with Gasteiger partial charge in [0, 0.05) is 11.6 Å². The topological polar surface area (TPSA) is 57.5 Å². The zero-order valence-electron chi connectivity index (χ0n) is 8.28. The molecule has 2 atom stereocenters. The molecular formula is C11H10F2O3. The molecule has 0 spiro atoms. The van der Waals surface area contributed by atoms with Crippen LogP contribution in [0.4, 0.5) is 8.78 Å². The van der Waals surface area contributed by atoms with E-state index in [0.29, 0.717) is 6.07 Å². The monoisotopic (exact) mass is 228 g/mol. The van der Waals surface area contributed by atoms with Crippen molar-refractivity contribution >= 4 is 5.97 Å². The minimum Gasteiger partial charge on any atom is -0.481 e. The van der Waals surface area contributed by atoms with Crippen LogP contribution in [0.15, 0.2) is 12.1 Å². The molecule has 16 heavy (non-hydrogen) atoms. The first-order valence-electron chi connectivity index (χ1n) is 4.90. The van der Waals surface area contributed by atoms with Crippen molar-refractivity contribution in [2.45, 2.75) is 24.9 Å². The fraction of sp³-hybridized carbons (Fsp3) is 0.364. The number of fused-ring (bicyclic) bond motifs is 1. The van der Waals surface area contributed by atoms with Crippen molar-refractivity contribution in [1.29, 1.82) is 0 Å². The molecule has 2 N–H and O–H groups in total. The molecule has 1 aromatic rings. The number of hydrogen-bond donors (Lipinski definition) is 2. The van der Waals surface area contributed by atoms with Crippen LogP contribution in [-0.2, 0) is 4.79 Å². The van der Waals surface area contributed by atoms with Gasteiger partial charge in [-0.3, -0.25) is 4.79 Å². The van der Waals surface area contributed by atoms with Gasteiger partial charge >= 0.3 is 5.97 Å². The average Bonchev–Trinajstić information content (AvgIpc) is 2.15. The van der Waals surface area contributed by atoms with Gasteiger partial charge in [0.05, 0.1) is 12.0 Å². The van der Waals surface area contributed by atoms with Crippen LogP contribution in [0.5, 0.6) is 0 Å². The van der Waals surface area contributed by atoms with E-state index in [-0.39, 0.29) is 24.0 Å².